The lowest BCUT2D eigenvalue weighted by molar-refractivity contribution is -0.138. The maximum atomic E-state index is 11.4. The maximum Gasteiger partial charge on any atom is 0.316 e. The molecule has 14 heteroatoms. The van der Waals surface area contributed by atoms with Gasteiger partial charge in [0.05, 0.1) is 39.9 Å². The third kappa shape index (κ3) is 9.29. The van der Waals surface area contributed by atoms with E-state index in [9.17, 15) is 14.0 Å². The molecule has 8 rings (SSSR count). The summed E-state index contributed by atoms with van der Waals surface area (Å²) in [5.74, 6) is 1.14. The second-order valence-electron chi connectivity index (χ2n) is 11.6. The fourth-order valence-corrected chi connectivity index (χ4v) is 6.86. The van der Waals surface area contributed by atoms with E-state index in [-0.39, 0.29) is 23.0 Å². The second-order valence-corrected chi connectivity index (χ2v) is 13.5. The van der Waals surface area contributed by atoms with Crippen molar-refractivity contribution in [3.8, 4) is 11.4 Å². The first-order chi connectivity index (χ1) is 25.3. The van der Waals surface area contributed by atoms with Crippen LogP contribution >= 0.6 is 39.9 Å². The Morgan fingerprint density at radius 2 is 1.37 bits per heavy atom. The molecule has 2 saturated carbocycles. The van der Waals surface area contributed by atoms with Gasteiger partial charge in [0.1, 0.15) is 18.0 Å². The predicted octanol–water partition coefficient (Wildman–Crippen LogP) is 8.66. The van der Waals surface area contributed by atoms with Crippen molar-refractivity contribution in [1.29, 1.82) is 0 Å². The Bertz CT molecular complexity index is 2180. The van der Waals surface area contributed by atoms with Crippen LogP contribution in [-0.4, -0.2) is 73.9 Å². The standard InChI is InChI=1S/C18H17N3O2S.C15H13N3S.C3H5BrO2.CH3F/c1-23-17(22)10-24-18-20-19-11-21(18)16-9-8-13(12-6-7-12)14-4-2-3-5-15(14)16;19-15-17-16-9-18(15)14-8-7-11(10-5-6-10)12-3-1-2-4-13(12)14;1-6-3(5)2-4;1-2/h2-5,8-9,11-12H,6-7,10H2,1H3;1-4,7-10H,5-6H2,(H,17,19);2H2,1H3;1H3/i;;;1D. The van der Waals surface area contributed by atoms with Crippen LogP contribution in [0.1, 0.15) is 50.0 Å². The monoisotopic (exact) mass is 793 g/mol. The lowest BCUT2D eigenvalue weighted by Crippen LogP contribution is -2.05. The van der Waals surface area contributed by atoms with Crippen LogP contribution in [0, 0.1) is 4.77 Å². The zero-order valence-electron chi connectivity index (χ0n) is 29.1. The molecule has 2 aromatic heterocycles. The highest BCUT2D eigenvalue weighted by Crippen LogP contribution is 2.45. The summed E-state index contributed by atoms with van der Waals surface area (Å²) < 4.78 is 28.9. The van der Waals surface area contributed by atoms with E-state index in [1.165, 1.54) is 84.3 Å². The van der Waals surface area contributed by atoms with E-state index >= 15 is 0 Å². The molecule has 0 saturated heterocycles. The largest absolute Gasteiger partial charge is 0.468 e. The minimum Gasteiger partial charge on any atom is -0.468 e. The molecule has 0 spiro atoms. The van der Waals surface area contributed by atoms with Crippen molar-refractivity contribution < 1.29 is 24.8 Å². The van der Waals surface area contributed by atoms with Gasteiger partial charge in [0.2, 0.25) is 0 Å². The summed E-state index contributed by atoms with van der Waals surface area (Å²) in [5.41, 5.74) is 5.02. The van der Waals surface area contributed by atoms with Gasteiger partial charge in [-0.1, -0.05) is 88.4 Å². The van der Waals surface area contributed by atoms with Gasteiger partial charge in [0, 0.05) is 10.8 Å². The Hall–Kier alpha value is -4.40. The molecule has 10 nitrogen and oxygen atoms in total. The topological polar surface area (TPSA) is 117 Å². The molecule has 0 bridgehead atoms. The molecule has 4 aromatic carbocycles. The van der Waals surface area contributed by atoms with Crippen molar-refractivity contribution in [1.82, 2.24) is 29.5 Å². The SMILES string of the molecule is COC(=O)CBr.COC(=O)CSc1nncn1-c1ccc(C2CC2)c2ccccc12.S=c1[nH]ncn1-c1ccc(C2CC2)c2ccccc12.[2H]CF. The average molecular weight is 795 g/mol. The van der Waals surface area contributed by atoms with Crippen LogP contribution < -0.4 is 0 Å². The van der Waals surface area contributed by atoms with Gasteiger partial charge in [0.25, 0.3) is 0 Å². The number of H-pyrrole nitrogens is 1. The molecule has 6 aromatic rings. The minimum atomic E-state index is -1.00. The molecule has 2 fully saturated rings. The Balaban J connectivity index is 0.000000166. The molecular formula is C37H38BrFN6O4S2. The fraction of sp³-hybridized carbons (Fsp3) is 0.297. The number of nitrogens with zero attached hydrogens (tertiary/aromatic N) is 5. The summed E-state index contributed by atoms with van der Waals surface area (Å²) >= 11 is 9.50. The molecular weight excluding hydrogens is 755 g/mol. The third-order valence-corrected chi connectivity index (χ3v) is 10.0. The van der Waals surface area contributed by atoms with E-state index in [1.807, 2.05) is 15.2 Å². The second kappa shape index (κ2) is 18.2. The van der Waals surface area contributed by atoms with E-state index in [2.05, 4.69) is 108 Å². The summed E-state index contributed by atoms with van der Waals surface area (Å²) in [6.45, 7) is 0. The van der Waals surface area contributed by atoms with Crippen molar-refractivity contribution >= 4 is 73.4 Å². The van der Waals surface area contributed by atoms with Crippen molar-refractivity contribution in [2.24, 2.45) is 0 Å². The number of alkyl halides is 2. The molecule has 2 heterocycles. The molecule has 2 aliphatic rings. The first-order valence-electron chi connectivity index (χ1n) is 16.8. The van der Waals surface area contributed by atoms with E-state index in [0.717, 1.165) is 17.3 Å². The number of ether oxygens (including phenoxy) is 2. The summed E-state index contributed by atoms with van der Waals surface area (Å²) in [6, 6.07) is 25.7. The van der Waals surface area contributed by atoms with Gasteiger partial charge >= 0.3 is 11.9 Å². The van der Waals surface area contributed by atoms with Crippen LogP contribution in [0.4, 0.5) is 4.39 Å². The number of aromatic amines is 1. The van der Waals surface area contributed by atoms with Crippen LogP contribution in [0.2, 0.25) is 0 Å². The van der Waals surface area contributed by atoms with Crippen molar-refractivity contribution in [3.63, 3.8) is 0 Å². The number of benzene rings is 4. The fourth-order valence-electron chi connectivity index (χ4n) is 5.68. The van der Waals surface area contributed by atoms with Gasteiger partial charge in [-0.15, -0.1) is 10.2 Å². The average Bonchev–Trinajstić information content (AvgIpc) is 4.12. The highest BCUT2D eigenvalue weighted by molar-refractivity contribution is 9.09. The van der Waals surface area contributed by atoms with Crippen molar-refractivity contribution in [2.45, 2.75) is 42.7 Å². The number of hydrogen-bond donors (Lipinski definition) is 1. The number of hydrogen-bond acceptors (Lipinski definition) is 9. The highest BCUT2D eigenvalue weighted by atomic mass is 79.9. The molecule has 0 aliphatic heterocycles. The third-order valence-electron chi connectivity index (χ3n) is 8.38. The van der Waals surface area contributed by atoms with E-state index < -0.39 is 7.15 Å². The normalized spacial score (nSPS) is 13.5. The molecule has 1 N–H and O–H groups in total. The number of carbonyl (C=O) groups is 2. The summed E-state index contributed by atoms with van der Waals surface area (Å²) in [5, 5.41) is 21.0. The van der Waals surface area contributed by atoms with Crippen LogP contribution in [0.15, 0.2) is 90.6 Å². The number of fused-ring (bicyclic) bond motifs is 2. The first-order valence-corrected chi connectivity index (χ1v) is 18.6. The summed E-state index contributed by atoms with van der Waals surface area (Å²) in [7, 11) is 1.74. The predicted molar refractivity (Wildman–Crippen MR) is 205 cm³/mol. The number of carbonyl (C=O) groups excluding carboxylic acids is 2. The smallest absolute Gasteiger partial charge is 0.316 e. The van der Waals surface area contributed by atoms with Gasteiger partial charge in [-0.2, -0.15) is 5.10 Å². The van der Waals surface area contributed by atoms with E-state index in [4.69, 9.17) is 18.3 Å². The maximum absolute atomic E-state index is 11.4. The Morgan fingerprint density at radius 3 is 1.80 bits per heavy atom. The van der Waals surface area contributed by atoms with E-state index in [0.29, 0.717) is 15.8 Å². The van der Waals surface area contributed by atoms with Crippen molar-refractivity contribution in [3.05, 3.63) is 101 Å². The van der Waals surface area contributed by atoms with Crippen LogP contribution in [0.25, 0.3) is 32.9 Å². The Kier molecular flexibility index (Phi) is 13.0. The Morgan fingerprint density at radius 1 is 0.863 bits per heavy atom. The number of nitrogens with one attached hydrogen (secondary N) is 1. The van der Waals surface area contributed by atoms with E-state index in [1.54, 1.807) is 12.7 Å². The van der Waals surface area contributed by atoms with Crippen molar-refractivity contribution in [2.75, 3.05) is 32.5 Å². The molecule has 0 unspecified atom stereocenters. The number of rotatable bonds is 8. The number of halogens is 2. The highest BCUT2D eigenvalue weighted by Gasteiger charge is 2.27. The van der Waals surface area contributed by atoms with Gasteiger partial charge in [-0.25, -0.2) is 0 Å². The number of aromatic nitrogens is 6. The van der Waals surface area contributed by atoms with Gasteiger partial charge in [0.15, 0.2) is 9.93 Å². The van der Waals surface area contributed by atoms with Crippen LogP contribution in [0.5, 0.6) is 0 Å². The summed E-state index contributed by atoms with van der Waals surface area (Å²) in [4.78, 5) is 21.3. The molecule has 0 atom stereocenters. The Labute approximate surface area is 314 Å². The lowest BCUT2D eigenvalue weighted by Gasteiger charge is -2.12. The molecule has 266 valence electrons. The van der Waals surface area contributed by atoms with Crippen LogP contribution in [-0.2, 0) is 19.1 Å². The zero-order chi connectivity index (χ0) is 37.0. The quantitative estimate of drug-likeness (QED) is 0.0700. The zero-order valence-corrected chi connectivity index (χ0v) is 31.3. The number of methoxy groups -OCH3 is 2. The summed E-state index contributed by atoms with van der Waals surface area (Å²) in [6.07, 6.45) is 8.61. The van der Waals surface area contributed by atoms with Gasteiger partial charge in [-0.3, -0.25) is 28.2 Å². The lowest BCUT2D eigenvalue weighted by atomic mass is 9.99. The first kappa shape index (κ1) is 36.4. The van der Waals surface area contributed by atoms with Gasteiger partial charge < -0.3 is 9.47 Å². The number of thioether (sulfide) groups is 1. The number of esters is 2. The molecule has 0 radical (unpaired) electrons. The molecule has 0 amide bonds. The van der Waals surface area contributed by atoms with Crippen LogP contribution in [0.3, 0.4) is 0 Å². The molecule has 51 heavy (non-hydrogen) atoms. The molecule has 2 aliphatic carbocycles. The van der Waals surface area contributed by atoms with Gasteiger partial charge in [-0.05, 0) is 83.8 Å². The minimum absolute atomic E-state index is 0.216.